The van der Waals surface area contributed by atoms with Gasteiger partial charge in [0.15, 0.2) is 0 Å². The fraction of sp³-hybridized carbons (Fsp3) is 0. The number of nitrogens with zero attached hydrogens (tertiary/aromatic N) is 4. The molecule has 0 spiro atoms. The predicted molar refractivity (Wildman–Crippen MR) is 424 cm³/mol. The van der Waals surface area contributed by atoms with Gasteiger partial charge in [-0.1, -0.05) is 291 Å². The lowest BCUT2D eigenvalue weighted by Crippen LogP contribution is -2.11. The number of aromatic nitrogens is 2. The normalized spacial score (nSPS) is 13.0. The average molecular weight is 1290 g/mol. The minimum atomic E-state index is -0.589. The van der Waals surface area contributed by atoms with E-state index in [0.717, 1.165) is 105 Å². The maximum Gasteiger partial charge on any atom is 0.0645 e. The third-order valence-corrected chi connectivity index (χ3v) is 18.2. The first-order valence-corrected chi connectivity index (χ1v) is 33.2. The van der Waals surface area contributed by atoms with Crippen LogP contribution in [0, 0.1) is 0 Å². The van der Waals surface area contributed by atoms with Crippen LogP contribution in [0.2, 0.25) is 0 Å². The third-order valence-electron chi connectivity index (χ3n) is 18.2. The highest BCUT2D eigenvalue weighted by molar-refractivity contribution is 6.12. The van der Waals surface area contributed by atoms with E-state index in [4.69, 9.17) is 6.85 Å². The van der Waals surface area contributed by atoms with Crippen molar-refractivity contribution in [2.75, 3.05) is 9.80 Å². The van der Waals surface area contributed by atoms with Gasteiger partial charge in [0.05, 0.1) is 51.3 Å². The predicted octanol–water partition coefficient (Wildman–Crippen LogP) is 26.5. The molecule has 0 amide bonds. The first-order valence-electron chi connectivity index (χ1n) is 39.7. The Bertz CT molecular complexity index is 6650. The maximum atomic E-state index is 9.53. The first kappa shape index (κ1) is 47.6. The summed E-state index contributed by atoms with van der Waals surface area (Å²) in [4.78, 5) is 3.14. The lowest BCUT2D eigenvalue weighted by Gasteiger charge is -2.28. The zero-order chi connectivity index (χ0) is 77.9. The Balaban J connectivity index is 0.000000164. The number of anilines is 6. The van der Waals surface area contributed by atoms with Gasteiger partial charge in [0, 0.05) is 66.8 Å². The molecule has 4 nitrogen and oxygen atoms in total. The van der Waals surface area contributed by atoms with Crippen molar-refractivity contribution in [1.29, 1.82) is 0 Å². The highest BCUT2D eigenvalue weighted by Crippen LogP contribution is 2.45. The van der Waals surface area contributed by atoms with Gasteiger partial charge in [0.25, 0.3) is 0 Å². The fourth-order valence-electron chi connectivity index (χ4n) is 13.6. The summed E-state index contributed by atoms with van der Waals surface area (Å²) in [5.74, 6) is 0. The van der Waals surface area contributed by atoms with Crippen LogP contribution >= 0.6 is 0 Å². The van der Waals surface area contributed by atoms with Gasteiger partial charge in [-0.15, -0.1) is 0 Å². The Kier molecular flexibility index (Phi) is 12.9. The molecule has 472 valence electrons. The molecule has 4 heteroatoms. The second-order valence-corrected chi connectivity index (χ2v) is 24.2. The van der Waals surface area contributed by atoms with Gasteiger partial charge in [-0.2, -0.15) is 0 Å². The van der Waals surface area contributed by atoms with E-state index in [0.29, 0.717) is 22.4 Å². The van der Waals surface area contributed by atoms with E-state index in [1.165, 1.54) is 4.90 Å². The van der Waals surface area contributed by atoms with Crippen molar-refractivity contribution >= 4 is 77.7 Å². The van der Waals surface area contributed by atoms with Crippen LogP contribution in [0.5, 0.6) is 0 Å². The summed E-state index contributed by atoms with van der Waals surface area (Å²) in [6, 6.07) is 104. The number of rotatable bonds is 14. The van der Waals surface area contributed by atoms with Crippen LogP contribution in [0.4, 0.5) is 34.1 Å². The Hall–Kier alpha value is -13.3. The molecule has 2 heterocycles. The minimum absolute atomic E-state index is 0.0749. The number of para-hydroxylation sites is 6. The van der Waals surface area contributed by atoms with E-state index >= 15 is 0 Å². The lowest BCUT2D eigenvalue weighted by molar-refractivity contribution is 1.18. The van der Waals surface area contributed by atoms with Crippen molar-refractivity contribution in [2.45, 2.75) is 0 Å². The summed E-state index contributed by atoms with van der Waals surface area (Å²) in [7, 11) is 0. The molecule has 0 aliphatic carbocycles. The number of hydrogen-bond donors (Lipinski definition) is 0. The molecule has 0 aliphatic rings. The van der Waals surface area contributed by atoms with Crippen molar-refractivity contribution in [2.24, 2.45) is 0 Å². The molecule has 0 unspecified atom stereocenters. The van der Waals surface area contributed by atoms with E-state index in [2.05, 4.69) is 94.1 Å². The van der Waals surface area contributed by atoms with Crippen molar-refractivity contribution < 1.29 is 17.8 Å². The zero-order valence-electron chi connectivity index (χ0n) is 67.0. The van der Waals surface area contributed by atoms with Gasteiger partial charge in [0.2, 0.25) is 0 Å². The molecule has 18 rings (SSSR count). The molecule has 0 saturated carbocycles. The van der Waals surface area contributed by atoms with Crippen LogP contribution in [0.25, 0.3) is 122 Å². The highest BCUT2D eigenvalue weighted by atomic mass is 15.2. The van der Waals surface area contributed by atoms with Crippen molar-refractivity contribution in [3.63, 3.8) is 0 Å². The van der Waals surface area contributed by atoms with E-state index in [9.17, 15) is 11.0 Å². The number of fused-ring (bicyclic) bond motifs is 6. The van der Waals surface area contributed by atoms with Crippen LogP contribution in [0.3, 0.4) is 0 Å². The molecule has 0 aliphatic heterocycles. The van der Waals surface area contributed by atoms with Crippen LogP contribution in [-0.4, -0.2) is 9.13 Å². The average Bonchev–Trinajstić information content (AvgIpc) is 1.73. The summed E-state index contributed by atoms with van der Waals surface area (Å²) >= 11 is 0. The minimum Gasteiger partial charge on any atom is -0.310 e. The zero-order valence-corrected chi connectivity index (χ0v) is 54.0. The number of hydrogen-bond acceptors (Lipinski definition) is 2. The number of benzene rings is 16. The standard InChI is InChI=1S/2C48H34N2/c2*1-4-15-35(16-5-1)38-19-14-22-42(33-38)50-47-26-13-11-24-44(47)45-34-39(29-32-48(45)50)36-27-30-41(31-28-36)49(40-20-8-3-9-21-40)46-25-12-10-23-43(46)37-17-6-2-7-18-37/h2*1-34H/i3D,8D,9D,20D,21D,27D,28D,30D,31D;27D,28D,30D,31D. The monoisotopic (exact) mass is 1290 g/mol. The molecule has 0 radical (unpaired) electrons. The molecule has 0 saturated heterocycles. The maximum absolute atomic E-state index is 9.53. The van der Waals surface area contributed by atoms with Crippen molar-refractivity contribution in [3.05, 3.63) is 412 Å². The highest BCUT2D eigenvalue weighted by Gasteiger charge is 2.21. The Morgan fingerprint density at radius 3 is 0.970 bits per heavy atom. The molecular weight excluding hydrogens is 1210 g/mol. The molecule has 0 atom stereocenters. The van der Waals surface area contributed by atoms with Crippen molar-refractivity contribution in [3.8, 4) is 78.1 Å². The first-order chi connectivity index (χ1) is 55.1. The molecule has 100 heavy (non-hydrogen) atoms. The molecule has 0 N–H and O–H groups in total. The van der Waals surface area contributed by atoms with Gasteiger partial charge in [-0.25, -0.2) is 0 Å². The smallest absolute Gasteiger partial charge is 0.0645 e. The van der Waals surface area contributed by atoms with Gasteiger partial charge in [-0.05, 0) is 177 Å². The fourth-order valence-corrected chi connectivity index (χ4v) is 13.6. The van der Waals surface area contributed by atoms with E-state index in [-0.39, 0.29) is 64.4 Å². The Morgan fingerprint density at radius 2 is 0.530 bits per heavy atom. The lowest BCUT2D eigenvalue weighted by atomic mass is 10.0. The molecule has 2 aromatic heterocycles. The second-order valence-electron chi connectivity index (χ2n) is 24.2. The molecule has 0 bridgehead atoms. The quantitative estimate of drug-likeness (QED) is 0.108. The second kappa shape index (κ2) is 27.1. The topological polar surface area (TPSA) is 16.3 Å². The van der Waals surface area contributed by atoms with Gasteiger partial charge in [0.1, 0.15) is 0 Å². The van der Waals surface area contributed by atoms with E-state index in [1.54, 1.807) is 30.3 Å². The largest absolute Gasteiger partial charge is 0.310 e. The summed E-state index contributed by atoms with van der Waals surface area (Å²) < 4.78 is 124. The molecular formula is C96H68N4. The SMILES string of the molecule is [2H]c1c([2H])c(N(c2ccccc2)c2ccccc2-c2ccccc2)c([2H])c([2H])c1-c1ccc2c(c1)c1ccccc1n2-c1cccc(-c2ccccc2)c1.[2H]c1c([2H])c([2H])c(N(c2ccccc2-c2ccccc2)c2c([2H])c([2H])c(-c3ccc4c(c3)c3ccccc3n4-c3cccc(-c4ccccc4)c3)c([2H])c2[2H])c([2H])c1[2H]. The van der Waals surface area contributed by atoms with Gasteiger partial charge >= 0.3 is 0 Å². The Morgan fingerprint density at radius 1 is 0.200 bits per heavy atom. The summed E-state index contributed by atoms with van der Waals surface area (Å²) in [6.07, 6.45) is 0. The molecule has 0 fully saturated rings. The van der Waals surface area contributed by atoms with Crippen molar-refractivity contribution in [1.82, 2.24) is 9.13 Å². The van der Waals surface area contributed by atoms with E-state index in [1.807, 2.05) is 223 Å². The van der Waals surface area contributed by atoms with Crippen LogP contribution in [0.1, 0.15) is 17.8 Å². The van der Waals surface area contributed by atoms with Gasteiger partial charge < -0.3 is 18.9 Å². The van der Waals surface area contributed by atoms with Crippen LogP contribution in [-0.2, 0) is 0 Å². The Labute approximate surface area is 602 Å². The van der Waals surface area contributed by atoms with E-state index < -0.39 is 42.3 Å². The third kappa shape index (κ3) is 11.8. The molecule has 18 aromatic rings. The van der Waals surface area contributed by atoms with Crippen LogP contribution in [0.15, 0.2) is 412 Å². The van der Waals surface area contributed by atoms with Crippen LogP contribution < -0.4 is 9.80 Å². The summed E-state index contributed by atoms with van der Waals surface area (Å²) in [6.45, 7) is 0. The van der Waals surface area contributed by atoms with Gasteiger partial charge in [-0.3, -0.25) is 0 Å². The molecule has 16 aromatic carbocycles. The summed E-state index contributed by atoms with van der Waals surface area (Å²) in [5, 5.41) is 3.82. The summed E-state index contributed by atoms with van der Waals surface area (Å²) in [5.41, 5.74) is 16.5.